The van der Waals surface area contributed by atoms with E-state index in [2.05, 4.69) is 43.7 Å². The lowest BCUT2D eigenvalue weighted by molar-refractivity contribution is 0.102. The number of anilines is 4. The standard InChI is InChI=1S/C36H35N5O5/c1-43-35-20-26(4-11-34(35)46-22-27-21-37-23-38-27)25-3-9-30-32(19-25)39-31-10-2-24(18-33(31)40-36(30)42)12-15-45-29-7-5-28(6-8-29)41-13-16-44-17-14-41/h2-11,18-21,23,39H,12-17,22H2,1H3,(H,37,38)(H,40,42). The summed E-state index contributed by atoms with van der Waals surface area (Å²) in [6.45, 7) is 4.19. The number of ether oxygens (including phenoxy) is 4. The van der Waals surface area contributed by atoms with Crippen LogP contribution in [-0.4, -0.2) is 55.9 Å². The summed E-state index contributed by atoms with van der Waals surface area (Å²) in [5, 5.41) is 6.54. The summed E-state index contributed by atoms with van der Waals surface area (Å²) in [6.07, 6.45) is 4.11. The summed E-state index contributed by atoms with van der Waals surface area (Å²) in [5.41, 5.74) is 7.77. The molecule has 3 N–H and O–H groups in total. The molecule has 46 heavy (non-hydrogen) atoms. The number of aromatic amines is 1. The van der Waals surface area contributed by atoms with Crippen molar-refractivity contribution in [2.75, 3.05) is 55.6 Å². The Labute approximate surface area is 267 Å². The molecule has 0 spiro atoms. The summed E-state index contributed by atoms with van der Waals surface area (Å²) in [5.74, 6) is 1.90. The monoisotopic (exact) mass is 617 g/mol. The van der Waals surface area contributed by atoms with Gasteiger partial charge in [0.15, 0.2) is 11.5 Å². The van der Waals surface area contributed by atoms with Gasteiger partial charge in [-0.25, -0.2) is 4.98 Å². The van der Waals surface area contributed by atoms with Crippen LogP contribution in [0.1, 0.15) is 21.6 Å². The number of fused-ring (bicyclic) bond motifs is 2. The Balaban J connectivity index is 1.01. The predicted molar refractivity (Wildman–Crippen MR) is 178 cm³/mol. The SMILES string of the molecule is COc1cc(-c2ccc3c(c2)Nc2ccc(CCOc4ccc(N5CCOCC5)cc4)cc2NC3=O)ccc1OCc1c[nH]cn1. The second-order valence-corrected chi connectivity index (χ2v) is 11.1. The summed E-state index contributed by atoms with van der Waals surface area (Å²) < 4.78 is 23.0. The third kappa shape index (κ3) is 6.47. The van der Waals surface area contributed by atoms with E-state index in [4.69, 9.17) is 18.9 Å². The van der Waals surface area contributed by atoms with Crippen molar-refractivity contribution < 1.29 is 23.7 Å². The fourth-order valence-corrected chi connectivity index (χ4v) is 5.67. The predicted octanol–water partition coefficient (Wildman–Crippen LogP) is 6.43. The average molecular weight is 618 g/mol. The number of rotatable bonds is 10. The van der Waals surface area contributed by atoms with E-state index in [9.17, 15) is 4.79 Å². The molecule has 1 fully saturated rings. The number of imidazole rings is 1. The van der Waals surface area contributed by atoms with Gasteiger partial charge in [0.1, 0.15) is 12.4 Å². The molecule has 0 saturated carbocycles. The molecule has 0 bridgehead atoms. The largest absolute Gasteiger partial charge is 0.493 e. The van der Waals surface area contributed by atoms with E-state index in [-0.39, 0.29) is 5.91 Å². The fraction of sp³-hybridized carbons (Fsp3) is 0.222. The van der Waals surface area contributed by atoms with Crippen LogP contribution in [0.15, 0.2) is 91.4 Å². The molecule has 2 aliphatic rings. The van der Waals surface area contributed by atoms with Crippen LogP contribution in [0.25, 0.3) is 11.1 Å². The molecular formula is C36H35N5O5. The normalized spacial score (nSPS) is 13.9. The van der Waals surface area contributed by atoms with E-state index >= 15 is 0 Å². The number of methoxy groups -OCH3 is 1. The number of nitrogens with one attached hydrogen (secondary N) is 3. The van der Waals surface area contributed by atoms with Crippen molar-refractivity contribution in [1.29, 1.82) is 0 Å². The first kappa shape index (κ1) is 29.2. The molecule has 0 radical (unpaired) electrons. The molecular weight excluding hydrogens is 582 g/mol. The van der Waals surface area contributed by atoms with E-state index in [1.165, 1.54) is 5.69 Å². The van der Waals surface area contributed by atoms with Crippen LogP contribution < -0.4 is 29.7 Å². The first-order chi connectivity index (χ1) is 22.6. The van der Waals surface area contributed by atoms with Crippen LogP contribution in [-0.2, 0) is 17.8 Å². The number of benzene rings is 4. The van der Waals surface area contributed by atoms with E-state index in [0.29, 0.717) is 36.7 Å². The van der Waals surface area contributed by atoms with E-state index < -0.39 is 0 Å². The zero-order chi connectivity index (χ0) is 31.3. The molecule has 1 saturated heterocycles. The number of carbonyl (C=O) groups excluding carboxylic acids is 1. The Hall–Kier alpha value is -5.48. The number of hydrogen-bond donors (Lipinski definition) is 3. The molecule has 3 heterocycles. The van der Waals surface area contributed by atoms with Gasteiger partial charge in [0.2, 0.25) is 0 Å². The Morgan fingerprint density at radius 3 is 2.46 bits per heavy atom. The van der Waals surface area contributed by atoms with Gasteiger partial charge < -0.3 is 39.5 Å². The molecule has 10 heteroatoms. The zero-order valence-electron chi connectivity index (χ0n) is 25.5. The molecule has 0 aliphatic carbocycles. The van der Waals surface area contributed by atoms with Crippen molar-refractivity contribution in [3.8, 4) is 28.4 Å². The average Bonchev–Trinajstić information content (AvgIpc) is 3.58. The number of morpholine rings is 1. The van der Waals surface area contributed by atoms with Crippen LogP contribution in [0.4, 0.5) is 22.7 Å². The smallest absolute Gasteiger partial charge is 0.257 e. The lowest BCUT2D eigenvalue weighted by atomic mass is 10.0. The maximum atomic E-state index is 13.3. The summed E-state index contributed by atoms with van der Waals surface area (Å²) in [4.78, 5) is 22.7. The lowest BCUT2D eigenvalue weighted by Crippen LogP contribution is -2.36. The minimum Gasteiger partial charge on any atom is -0.493 e. The Morgan fingerprint density at radius 2 is 1.65 bits per heavy atom. The highest BCUT2D eigenvalue weighted by Gasteiger charge is 2.20. The number of nitrogens with zero attached hydrogens (tertiary/aromatic N) is 2. The molecule has 4 aromatic carbocycles. The third-order valence-electron chi connectivity index (χ3n) is 8.17. The number of aromatic nitrogens is 2. The number of amides is 1. The molecule has 234 valence electrons. The van der Waals surface area contributed by atoms with Crippen molar-refractivity contribution in [2.24, 2.45) is 0 Å². The Kier molecular flexibility index (Phi) is 8.42. The van der Waals surface area contributed by atoms with Gasteiger partial charge in [-0.05, 0) is 77.4 Å². The summed E-state index contributed by atoms with van der Waals surface area (Å²) in [6, 6.07) is 25.8. The second kappa shape index (κ2) is 13.3. The maximum Gasteiger partial charge on any atom is 0.257 e. The Morgan fingerprint density at radius 1 is 0.826 bits per heavy atom. The van der Waals surface area contributed by atoms with Gasteiger partial charge in [-0.2, -0.15) is 0 Å². The third-order valence-corrected chi connectivity index (χ3v) is 8.17. The first-order valence-electron chi connectivity index (χ1n) is 15.3. The number of H-pyrrole nitrogens is 1. The highest BCUT2D eigenvalue weighted by molar-refractivity contribution is 6.12. The van der Waals surface area contributed by atoms with Crippen molar-refractivity contribution >= 4 is 28.7 Å². The van der Waals surface area contributed by atoms with Crippen LogP contribution >= 0.6 is 0 Å². The lowest BCUT2D eigenvalue weighted by Gasteiger charge is -2.28. The van der Waals surface area contributed by atoms with Gasteiger partial charge in [0.25, 0.3) is 5.91 Å². The zero-order valence-corrected chi connectivity index (χ0v) is 25.5. The minimum atomic E-state index is -0.166. The van der Waals surface area contributed by atoms with Crippen LogP contribution in [0, 0.1) is 0 Å². The molecule has 0 atom stereocenters. The van der Waals surface area contributed by atoms with E-state index in [1.807, 2.05) is 60.7 Å². The molecule has 7 rings (SSSR count). The molecule has 1 amide bonds. The van der Waals surface area contributed by atoms with Gasteiger partial charge >= 0.3 is 0 Å². The van der Waals surface area contributed by atoms with Gasteiger partial charge in [-0.15, -0.1) is 0 Å². The number of carbonyl (C=O) groups is 1. The van der Waals surface area contributed by atoms with E-state index in [1.54, 1.807) is 19.6 Å². The Bertz CT molecular complexity index is 1820. The van der Waals surface area contributed by atoms with Crippen LogP contribution in [0.3, 0.4) is 0 Å². The second-order valence-electron chi connectivity index (χ2n) is 11.1. The number of hydrogen-bond acceptors (Lipinski definition) is 8. The van der Waals surface area contributed by atoms with Crippen LogP contribution in [0.5, 0.6) is 17.2 Å². The van der Waals surface area contributed by atoms with Gasteiger partial charge in [-0.1, -0.05) is 18.2 Å². The molecule has 0 unspecified atom stereocenters. The van der Waals surface area contributed by atoms with Gasteiger partial charge in [-0.3, -0.25) is 4.79 Å². The molecule has 5 aromatic rings. The minimum absolute atomic E-state index is 0.166. The molecule has 10 nitrogen and oxygen atoms in total. The van der Waals surface area contributed by atoms with Crippen molar-refractivity contribution in [3.05, 3.63) is 108 Å². The highest BCUT2D eigenvalue weighted by Crippen LogP contribution is 2.38. The van der Waals surface area contributed by atoms with Crippen molar-refractivity contribution in [1.82, 2.24) is 9.97 Å². The molecule has 1 aromatic heterocycles. The fourth-order valence-electron chi connectivity index (χ4n) is 5.67. The van der Waals surface area contributed by atoms with Crippen molar-refractivity contribution in [3.63, 3.8) is 0 Å². The van der Waals surface area contributed by atoms with Gasteiger partial charge in [0, 0.05) is 31.4 Å². The maximum absolute atomic E-state index is 13.3. The summed E-state index contributed by atoms with van der Waals surface area (Å²) >= 11 is 0. The van der Waals surface area contributed by atoms with Crippen LogP contribution in [0.2, 0.25) is 0 Å². The van der Waals surface area contributed by atoms with Crippen molar-refractivity contribution in [2.45, 2.75) is 13.0 Å². The summed E-state index contributed by atoms with van der Waals surface area (Å²) in [7, 11) is 1.62. The highest BCUT2D eigenvalue weighted by atomic mass is 16.5. The first-order valence-corrected chi connectivity index (χ1v) is 15.3. The topological polar surface area (TPSA) is 110 Å². The quantitative estimate of drug-likeness (QED) is 0.165. The van der Waals surface area contributed by atoms with E-state index in [0.717, 1.165) is 71.5 Å². The van der Waals surface area contributed by atoms with Gasteiger partial charge in [0.05, 0.1) is 61.6 Å². The molecule has 2 aliphatic heterocycles.